The largest absolute Gasteiger partial charge is 0.373 e. The van der Waals surface area contributed by atoms with Gasteiger partial charge in [-0.15, -0.1) is 11.3 Å². The summed E-state index contributed by atoms with van der Waals surface area (Å²) >= 11 is 1.69. The van der Waals surface area contributed by atoms with Crippen molar-refractivity contribution in [2.24, 2.45) is 0 Å². The fraction of sp³-hybridized carbons (Fsp3) is 0.0588. The summed E-state index contributed by atoms with van der Waals surface area (Å²) in [7, 11) is 0. The standard InChI is InChI=1S/C16H13NS.CO2/c1-12-7-9-13(10-8-12)15-11-18-16(17-15)14-5-3-2-4-6-14;2-1-3/h2-11H,1H3;. The van der Waals surface area contributed by atoms with Gasteiger partial charge in [-0.3, -0.25) is 0 Å². The predicted molar refractivity (Wildman–Crippen MR) is 82.7 cm³/mol. The van der Waals surface area contributed by atoms with Gasteiger partial charge in [0.25, 0.3) is 0 Å². The van der Waals surface area contributed by atoms with Gasteiger partial charge in [0.15, 0.2) is 0 Å². The van der Waals surface area contributed by atoms with Gasteiger partial charge in [0.05, 0.1) is 5.69 Å². The minimum Gasteiger partial charge on any atom is -0.236 e. The highest BCUT2D eigenvalue weighted by Gasteiger charge is 2.05. The van der Waals surface area contributed by atoms with Gasteiger partial charge in [-0.25, -0.2) is 4.98 Å². The lowest BCUT2D eigenvalue weighted by molar-refractivity contribution is -0.191. The van der Waals surface area contributed by atoms with Crippen LogP contribution in [0.25, 0.3) is 21.8 Å². The van der Waals surface area contributed by atoms with E-state index in [2.05, 4.69) is 48.7 Å². The molecule has 0 aliphatic heterocycles. The third-order valence-corrected chi connectivity index (χ3v) is 3.76. The van der Waals surface area contributed by atoms with Crippen LogP contribution < -0.4 is 0 Å². The van der Waals surface area contributed by atoms with Gasteiger partial charge in [0.1, 0.15) is 5.01 Å². The van der Waals surface area contributed by atoms with Crippen molar-refractivity contribution < 1.29 is 9.59 Å². The molecule has 0 radical (unpaired) electrons. The second kappa shape index (κ2) is 7.29. The number of rotatable bonds is 2. The van der Waals surface area contributed by atoms with Crippen LogP contribution in [0.5, 0.6) is 0 Å². The summed E-state index contributed by atoms with van der Waals surface area (Å²) in [5.74, 6) is 0. The predicted octanol–water partition coefficient (Wildman–Crippen LogP) is 4.20. The average molecular weight is 295 g/mol. The molecule has 21 heavy (non-hydrogen) atoms. The Morgan fingerprint density at radius 2 is 1.52 bits per heavy atom. The Labute approximate surface area is 126 Å². The summed E-state index contributed by atoms with van der Waals surface area (Å²) in [5, 5.41) is 3.19. The van der Waals surface area contributed by atoms with Gasteiger partial charge in [0, 0.05) is 16.5 Å². The molecule has 4 heteroatoms. The van der Waals surface area contributed by atoms with E-state index in [1.54, 1.807) is 11.3 Å². The van der Waals surface area contributed by atoms with Crippen molar-refractivity contribution in [3.05, 3.63) is 65.5 Å². The molecule has 0 unspecified atom stereocenters. The molecule has 0 saturated heterocycles. The summed E-state index contributed by atoms with van der Waals surface area (Å²) in [5.41, 5.74) is 4.69. The zero-order valence-corrected chi connectivity index (χ0v) is 12.3. The number of aryl methyl sites for hydroxylation is 1. The van der Waals surface area contributed by atoms with E-state index in [0.717, 1.165) is 10.7 Å². The molecule has 0 bridgehead atoms. The molecule has 1 aromatic heterocycles. The van der Waals surface area contributed by atoms with Crippen molar-refractivity contribution >= 4 is 17.5 Å². The van der Waals surface area contributed by atoms with Crippen molar-refractivity contribution in [2.45, 2.75) is 6.92 Å². The molecule has 3 aromatic rings. The number of benzene rings is 2. The summed E-state index contributed by atoms with van der Waals surface area (Å²) in [6.07, 6.45) is 0.250. The number of hydrogen-bond donors (Lipinski definition) is 0. The number of hydrogen-bond acceptors (Lipinski definition) is 4. The molecule has 0 N–H and O–H groups in total. The minimum atomic E-state index is 0.250. The van der Waals surface area contributed by atoms with Gasteiger partial charge in [0.2, 0.25) is 0 Å². The summed E-state index contributed by atoms with van der Waals surface area (Å²) < 4.78 is 0. The van der Waals surface area contributed by atoms with Crippen LogP contribution in [0, 0.1) is 6.92 Å². The first kappa shape index (κ1) is 14.9. The van der Waals surface area contributed by atoms with Crippen LogP contribution in [0.2, 0.25) is 0 Å². The van der Waals surface area contributed by atoms with Crippen molar-refractivity contribution in [3.63, 3.8) is 0 Å². The van der Waals surface area contributed by atoms with E-state index in [0.29, 0.717) is 0 Å². The molecule has 0 saturated carbocycles. The topological polar surface area (TPSA) is 47.0 Å². The Hall–Kier alpha value is -2.55. The van der Waals surface area contributed by atoms with Crippen molar-refractivity contribution in [2.75, 3.05) is 0 Å². The number of thiazole rings is 1. The van der Waals surface area contributed by atoms with Gasteiger partial charge >= 0.3 is 6.15 Å². The third kappa shape index (κ3) is 3.96. The smallest absolute Gasteiger partial charge is 0.236 e. The molecule has 0 aliphatic carbocycles. The van der Waals surface area contributed by atoms with Crippen molar-refractivity contribution in [1.82, 2.24) is 4.98 Å². The maximum Gasteiger partial charge on any atom is 0.373 e. The first-order chi connectivity index (χ1) is 10.2. The Morgan fingerprint density at radius 3 is 2.14 bits per heavy atom. The highest BCUT2D eigenvalue weighted by Crippen LogP contribution is 2.28. The number of aromatic nitrogens is 1. The monoisotopic (exact) mass is 295 g/mol. The molecule has 0 fully saturated rings. The van der Waals surface area contributed by atoms with Gasteiger partial charge in [-0.05, 0) is 6.92 Å². The quantitative estimate of drug-likeness (QED) is 0.711. The van der Waals surface area contributed by atoms with Crippen LogP contribution in [-0.2, 0) is 9.59 Å². The summed E-state index contributed by atoms with van der Waals surface area (Å²) in [6, 6.07) is 18.8. The zero-order valence-electron chi connectivity index (χ0n) is 11.4. The highest BCUT2D eigenvalue weighted by molar-refractivity contribution is 7.13. The number of carbonyl (C=O) groups excluding carboxylic acids is 2. The zero-order chi connectivity index (χ0) is 15.1. The summed E-state index contributed by atoms with van der Waals surface area (Å²) in [4.78, 5) is 20.9. The van der Waals surface area contributed by atoms with Crippen LogP contribution in [0.15, 0.2) is 60.0 Å². The molecule has 0 aliphatic rings. The van der Waals surface area contributed by atoms with E-state index in [1.165, 1.54) is 16.7 Å². The van der Waals surface area contributed by atoms with Crippen LogP contribution in [0.4, 0.5) is 0 Å². The fourth-order valence-electron chi connectivity index (χ4n) is 1.84. The SMILES string of the molecule is Cc1ccc(-c2csc(-c3ccccc3)n2)cc1.O=C=O. The molecule has 1 heterocycles. The van der Waals surface area contributed by atoms with Gasteiger partial charge in [-0.2, -0.15) is 9.59 Å². The van der Waals surface area contributed by atoms with Crippen LogP contribution in [-0.4, -0.2) is 11.1 Å². The maximum atomic E-state index is 8.12. The molecular formula is C17H13NO2S. The van der Waals surface area contributed by atoms with Crippen molar-refractivity contribution in [3.8, 4) is 21.8 Å². The normalized spacial score (nSPS) is 9.38. The first-order valence-corrected chi connectivity index (χ1v) is 7.20. The minimum absolute atomic E-state index is 0.250. The van der Waals surface area contributed by atoms with Gasteiger partial charge in [-0.1, -0.05) is 60.2 Å². The van der Waals surface area contributed by atoms with Crippen LogP contribution in [0.1, 0.15) is 5.56 Å². The molecule has 3 rings (SSSR count). The number of nitrogens with zero attached hydrogens (tertiary/aromatic N) is 1. The van der Waals surface area contributed by atoms with Crippen molar-refractivity contribution in [1.29, 1.82) is 0 Å². The molecular weight excluding hydrogens is 282 g/mol. The molecule has 0 spiro atoms. The lowest BCUT2D eigenvalue weighted by atomic mass is 10.1. The lowest BCUT2D eigenvalue weighted by Gasteiger charge is -1.97. The van der Waals surface area contributed by atoms with Crippen LogP contribution >= 0.6 is 11.3 Å². The third-order valence-electron chi connectivity index (χ3n) is 2.87. The van der Waals surface area contributed by atoms with Crippen LogP contribution in [0.3, 0.4) is 0 Å². The van der Waals surface area contributed by atoms with E-state index in [-0.39, 0.29) is 6.15 Å². The molecule has 104 valence electrons. The van der Waals surface area contributed by atoms with E-state index < -0.39 is 0 Å². The first-order valence-electron chi connectivity index (χ1n) is 6.32. The Kier molecular flexibility index (Phi) is 5.16. The molecule has 3 nitrogen and oxygen atoms in total. The fourth-order valence-corrected chi connectivity index (χ4v) is 2.68. The Bertz CT molecular complexity index is 727. The highest BCUT2D eigenvalue weighted by atomic mass is 32.1. The van der Waals surface area contributed by atoms with E-state index in [4.69, 9.17) is 14.6 Å². The average Bonchev–Trinajstić information content (AvgIpc) is 3.00. The van der Waals surface area contributed by atoms with E-state index >= 15 is 0 Å². The Morgan fingerprint density at radius 1 is 0.905 bits per heavy atom. The molecule has 0 amide bonds. The molecule has 2 aromatic carbocycles. The van der Waals surface area contributed by atoms with E-state index in [9.17, 15) is 0 Å². The second-order valence-electron chi connectivity index (χ2n) is 4.35. The maximum absolute atomic E-state index is 8.12. The lowest BCUT2D eigenvalue weighted by Crippen LogP contribution is -1.79. The summed E-state index contributed by atoms with van der Waals surface area (Å²) in [6.45, 7) is 2.10. The van der Waals surface area contributed by atoms with Gasteiger partial charge < -0.3 is 0 Å². The molecule has 0 atom stereocenters. The Balaban J connectivity index is 0.000000497. The van der Waals surface area contributed by atoms with E-state index in [1.807, 2.05) is 18.2 Å². The second-order valence-corrected chi connectivity index (χ2v) is 5.21.